The SMILES string of the molecule is CN=C(NCCCCN1CCCC(C)C1)N1CCN(C(=O)c2ccco2)CC1.I. The van der Waals surface area contributed by atoms with Crippen molar-refractivity contribution in [1.29, 1.82) is 0 Å². The molecule has 0 aromatic carbocycles. The molecule has 2 fully saturated rings. The van der Waals surface area contributed by atoms with Crippen LogP contribution in [-0.4, -0.2) is 86.0 Å². The second-order valence-corrected chi connectivity index (χ2v) is 7.99. The van der Waals surface area contributed by atoms with E-state index in [9.17, 15) is 4.79 Å². The van der Waals surface area contributed by atoms with Crippen molar-refractivity contribution in [2.45, 2.75) is 32.6 Å². The van der Waals surface area contributed by atoms with Gasteiger partial charge in [0.1, 0.15) is 0 Å². The van der Waals surface area contributed by atoms with Crippen LogP contribution in [0.25, 0.3) is 0 Å². The van der Waals surface area contributed by atoms with E-state index in [4.69, 9.17) is 4.42 Å². The summed E-state index contributed by atoms with van der Waals surface area (Å²) in [5.74, 6) is 2.18. The predicted octanol–water partition coefficient (Wildman–Crippen LogP) is 2.74. The number of hydrogen-bond donors (Lipinski definition) is 1. The smallest absolute Gasteiger partial charge is 0.289 e. The molecule has 1 aromatic rings. The molecule has 0 radical (unpaired) electrons. The first-order valence-corrected chi connectivity index (χ1v) is 10.7. The average molecular weight is 517 g/mol. The molecule has 3 heterocycles. The van der Waals surface area contributed by atoms with E-state index in [-0.39, 0.29) is 29.9 Å². The minimum atomic E-state index is -0.0281. The number of guanidine groups is 1. The lowest BCUT2D eigenvalue weighted by Crippen LogP contribution is -2.53. The van der Waals surface area contributed by atoms with Gasteiger partial charge in [-0.1, -0.05) is 6.92 Å². The van der Waals surface area contributed by atoms with Crippen molar-refractivity contribution < 1.29 is 9.21 Å². The van der Waals surface area contributed by atoms with Crippen LogP contribution < -0.4 is 5.32 Å². The van der Waals surface area contributed by atoms with E-state index in [1.54, 1.807) is 18.4 Å². The highest BCUT2D eigenvalue weighted by Gasteiger charge is 2.25. The summed E-state index contributed by atoms with van der Waals surface area (Å²) >= 11 is 0. The molecule has 0 saturated carbocycles. The Kier molecular flexibility index (Phi) is 10.3. The third-order valence-corrected chi connectivity index (χ3v) is 5.74. The van der Waals surface area contributed by atoms with E-state index in [1.165, 1.54) is 38.9 Å². The second kappa shape index (κ2) is 12.4. The highest BCUT2D eigenvalue weighted by Crippen LogP contribution is 2.15. The number of piperazine rings is 1. The fraction of sp³-hybridized carbons (Fsp3) is 0.714. The number of nitrogens with zero attached hydrogens (tertiary/aromatic N) is 4. The number of nitrogens with one attached hydrogen (secondary N) is 1. The van der Waals surface area contributed by atoms with Crippen LogP contribution in [0.15, 0.2) is 27.8 Å². The molecular formula is C21H36IN5O2. The summed E-state index contributed by atoms with van der Waals surface area (Å²) < 4.78 is 5.23. The summed E-state index contributed by atoms with van der Waals surface area (Å²) in [5, 5.41) is 3.49. The summed E-state index contributed by atoms with van der Waals surface area (Å²) in [6.07, 6.45) is 6.65. The van der Waals surface area contributed by atoms with Crippen molar-refractivity contribution in [3.05, 3.63) is 24.2 Å². The standard InChI is InChI=1S/C21H35N5O2.HI/c1-18-7-5-11-24(17-18)10-4-3-9-23-21(22-2)26-14-12-25(13-15-26)20(27)19-8-6-16-28-19;/h6,8,16,18H,3-5,7,9-15,17H2,1-2H3,(H,22,23);1H. The van der Waals surface area contributed by atoms with Gasteiger partial charge in [-0.3, -0.25) is 9.79 Å². The summed E-state index contributed by atoms with van der Waals surface area (Å²) in [7, 11) is 1.83. The monoisotopic (exact) mass is 517 g/mol. The molecule has 1 aromatic heterocycles. The Morgan fingerprint density at radius 1 is 1.21 bits per heavy atom. The van der Waals surface area contributed by atoms with Crippen molar-refractivity contribution >= 4 is 35.8 Å². The van der Waals surface area contributed by atoms with Crippen LogP contribution in [0.4, 0.5) is 0 Å². The molecule has 7 nitrogen and oxygen atoms in total. The van der Waals surface area contributed by atoms with Crippen LogP contribution in [0.1, 0.15) is 43.2 Å². The van der Waals surface area contributed by atoms with Crippen LogP contribution in [0.2, 0.25) is 0 Å². The van der Waals surface area contributed by atoms with Crippen LogP contribution in [0, 0.1) is 5.92 Å². The zero-order chi connectivity index (χ0) is 19.8. The Morgan fingerprint density at radius 3 is 2.62 bits per heavy atom. The van der Waals surface area contributed by atoms with Crippen molar-refractivity contribution in [3.63, 3.8) is 0 Å². The largest absolute Gasteiger partial charge is 0.459 e. The first-order chi connectivity index (χ1) is 13.7. The van der Waals surface area contributed by atoms with Gasteiger partial charge in [0.25, 0.3) is 5.91 Å². The van der Waals surface area contributed by atoms with Gasteiger partial charge in [-0.2, -0.15) is 0 Å². The maximum Gasteiger partial charge on any atom is 0.289 e. The molecule has 0 bridgehead atoms. The van der Waals surface area contributed by atoms with E-state index in [0.29, 0.717) is 18.8 Å². The third kappa shape index (κ3) is 7.16. The lowest BCUT2D eigenvalue weighted by atomic mass is 10.0. The minimum Gasteiger partial charge on any atom is -0.459 e. The summed E-state index contributed by atoms with van der Waals surface area (Å²) in [6.45, 7) is 9.99. The number of rotatable bonds is 6. The van der Waals surface area contributed by atoms with Gasteiger partial charge in [0, 0.05) is 46.3 Å². The molecule has 0 spiro atoms. The van der Waals surface area contributed by atoms with E-state index < -0.39 is 0 Å². The van der Waals surface area contributed by atoms with Gasteiger partial charge in [0.05, 0.1) is 6.26 Å². The lowest BCUT2D eigenvalue weighted by molar-refractivity contribution is 0.0657. The van der Waals surface area contributed by atoms with E-state index >= 15 is 0 Å². The summed E-state index contributed by atoms with van der Waals surface area (Å²) in [5.41, 5.74) is 0. The molecule has 1 atom stereocenters. The van der Waals surface area contributed by atoms with Crippen LogP contribution >= 0.6 is 24.0 Å². The summed E-state index contributed by atoms with van der Waals surface area (Å²) in [6, 6.07) is 3.47. The number of unbranched alkanes of at least 4 members (excludes halogenated alkanes) is 1. The number of piperidine rings is 1. The molecule has 2 aliphatic rings. The number of carbonyl (C=O) groups is 1. The van der Waals surface area contributed by atoms with E-state index in [2.05, 4.69) is 27.0 Å². The lowest BCUT2D eigenvalue weighted by Gasteiger charge is -2.36. The maximum atomic E-state index is 12.4. The molecule has 164 valence electrons. The Morgan fingerprint density at radius 2 is 1.97 bits per heavy atom. The van der Waals surface area contributed by atoms with Gasteiger partial charge < -0.3 is 24.4 Å². The van der Waals surface area contributed by atoms with Crippen molar-refractivity contribution in [3.8, 4) is 0 Å². The fourth-order valence-corrected chi connectivity index (χ4v) is 4.16. The van der Waals surface area contributed by atoms with Crippen LogP contribution in [0.3, 0.4) is 0 Å². The van der Waals surface area contributed by atoms with Crippen molar-refractivity contribution in [1.82, 2.24) is 20.0 Å². The summed E-state index contributed by atoms with van der Waals surface area (Å²) in [4.78, 5) is 23.5. The molecule has 29 heavy (non-hydrogen) atoms. The van der Waals surface area contributed by atoms with Gasteiger partial charge in [0.2, 0.25) is 0 Å². The molecule has 3 rings (SSSR count). The number of furan rings is 1. The van der Waals surface area contributed by atoms with Crippen LogP contribution in [-0.2, 0) is 0 Å². The average Bonchev–Trinajstić information content (AvgIpc) is 3.25. The molecular weight excluding hydrogens is 481 g/mol. The van der Waals surface area contributed by atoms with Gasteiger partial charge >= 0.3 is 0 Å². The second-order valence-electron chi connectivity index (χ2n) is 7.99. The minimum absolute atomic E-state index is 0. The molecule has 2 aliphatic heterocycles. The molecule has 1 amide bonds. The number of hydrogen-bond acceptors (Lipinski definition) is 4. The van der Waals surface area contributed by atoms with Gasteiger partial charge in [-0.25, -0.2) is 0 Å². The zero-order valence-electron chi connectivity index (χ0n) is 17.8. The normalized spacial score (nSPS) is 21.0. The van der Waals surface area contributed by atoms with Gasteiger partial charge in [-0.05, 0) is 56.8 Å². The van der Waals surface area contributed by atoms with E-state index in [0.717, 1.165) is 37.9 Å². The first kappa shape index (κ1) is 24.0. The number of halogens is 1. The fourth-order valence-electron chi connectivity index (χ4n) is 4.16. The van der Waals surface area contributed by atoms with Crippen LogP contribution in [0.5, 0.6) is 0 Å². The Labute approximate surface area is 191 Å². The van der Waals surface area contributed by atoms with Gasteiger partial charge in [0.15, 0.2) is 11.7 Å². The van der Waals surface area contributed by atoms with Crippen molar-refractivity contribution in [2.75, 3.05) is 59.4 Å². The maximum absolute atomic E-state index is 12.4. The topological polar surface area (TPSA) is 64.3 Å². The van der Waals surface area contributed by atoms with Gasteiger partial charge in [-0.15, -0.1) is 24.0 Å². The highest BCUT2D eigenvalue weighted by atomic mass is 127. The van der Waals surface area contributed by atoms with E-state index in [1.807, 2.05) is 11.9 Å². The number of aliphatic imine (C=N–C) groups is 1. The number of amides is 1. The highest BCUT2D eigenvalue weighted by molar-refractivity contribution is 14.0. The molecule has 2 saturated heterocycles. The Hall–Kier alpha value is -1.29. The first-order valence-electron chi connectivity index (χ1n) is 10.7. The number of likely N-dealkylation sites (tertiary alicyclic amines) is 1. The molecule has 1 N–H and O–H groups in total. The predicted molar refractivity (Wildman–Crippen MR) is 127 cm³/mol. The Bertz CT molecular complexity index is 629. The quantitative estimate of drug-likeness (QED) is 0.272. The number of carbonyl (C=O) groups excluding carboxylic acids is 1. The zero-order valence-corrected chi connectivity index (χ0v) is 20.1. The molecule has 1 unspecified atom stereocenters. The van der Waals surface area contributed by atoms with Crippen molar-refractivity contribution in [2.24, 2.45) is 10.9 Å². The molecule has 0 aliphatic carbocycles. The Balaban J connectivity index is 0.00000300. The third-order valence-electron chi connectivity index (χ3n) is 5.74. The molecule has 8 heteroatoms.